The van der Waals surface area contributed by atoms with E-state index < -0.39 is 0 Å². The summed E-state index contributed by atoms with van der Waals surface area (Å²) in [6.45, 7) is 1.87. The summed E-state index contributed by atoms with van der Waals surface area (Å²) in [5, 5.41) is 7.37. The van der Waals surface area contributed by atoms with Crippen molar-refractivity contribution >= 4 is 11.7 Å². The third kappa shape index (κ3) is 3.12. The van der Waals surface area contributed by atoms with E-state index >= 15 is 0 Å². The van der Waals surface area contributed by atoms with E-state index in [0.29, 0.717) is 23.0 Å². The highest BCUT2D eigenvalue weighted by atomic mass is 16.3. The summed E-state index contributed by atoms with van der Waals surface area (Å²) in [6, 6.07) is 20.3. The van der Waals surface area contributed by atoms with Crippen molar-refractivity contribution in [3.63, 3.8) is 0 Å². The van der Waals surface area contributed by atoms with Crippen LogP contribution in [0, 0.1) is 6.92 Å². The fourth-order valence-electron chi connectivity index (χ4n) is 2.65. The molecule has 0 radical (unpaired) electrons. The van der Waals surface area contributed by atoms with E-state index in [4.69, 9.17) is 4.42 Å². The highest BCUT2D eigenvalue weighted by Gasteiger charge is 2.19. The van der Waals surface area contributed by atoms with E-state index in [0.717, 1.165) is 11.4 Å². The lowest BCUT2D eigenvalue weighted by Gasteiger charge is -2.08. The molecular formula is C20H16N4O2. The van der Waals surface area contributed by atoms with Crippen LogP contribution in [0.4, 0.5) is 5.82 Å². The lowest BCUT2D eigenvalue weighted by atomic mass is 10.2. The molecule has 3 heterocycles. The van der Waals surface area contributed by atoms with Crippen LogP contribution in [0.15, 0.2) is 77.4 Å². The zero-order chi connectivity index (χ0) is 17.9. The Hall–Kier alpha value is -3.67. The van der Waals surface area contributed by atoms with Crippen LogP contribution in [-0.4, -0.2) is 20.7 Å². The number of furan rings is 1. The molecule has 1 aromatic carbocycles. The average Bonchev–Trinajstić information content (AvgIpc) is 3.32. The maximum atomic E-state index is 12.9. The molecule has 0 fully saturated rings. The molecule has 0 bridgehead atoms. The number of aryl methyl sites for hydroxylation is 1. The first-order valence-corrected chi connectivity index (χ1v) is 8.15. The molecule has 6 nitrogen and oxygen atoms in total. The van der Waals surface area contributed by atoms with Crippen molar-refractivity contribution in [1.29, 1.82) is 0 Å². The molecule has 0 saturated heterocycles. The summed E-state index contributed by atoms with van der Waals surface area (Å²) in [6.07, 6.45) is 1.58. The summed E-state index contributed by atoms with van der Waals surface area (Å²) >= 11 is 0. The van der Waals surface area contributed by atoms with Crippen molar-refractivity contribution in [2.24, 2.45) is 0 Å². The van der Waals surface area contributed by atoms with E-state index in [1.54, 1.807) is 29.1 Å². The number of anilines is 1. The number of rotatable bonds is 4. The molecule has 128 valence electrons. The van der Waals surface area contributed by atoms with Gasteiger partial charge in [-0.25, -0.2) is 9.67 Å². The van der Waals surface area contributed by atoms with Gasteiger partial charge < -0.3 is 9.73 Å². The standard InChI is InChI=1S/C20H16N4O2/c1-14-7-5-11-19(21-14)22-20(25)17-13-16(18-10-6-12-26-18)23-24(17)15-8-3-2-4-9-15/h2-13H,1H3,(H,21,22,25). The van der Waals surface area contributed by atoms with E-state index in [1.165, 1.54) is 0 Å². The second-order valence-corrected chi connectivity index (χ2v) is 5.76. The maximum absolute atomic E-state index is 12.9. The van der Waals surface area contributed by atoms with Gasteiger partial charge >= 0.3 is 0 Å². The van der Waals surface area contributed by atoms with Crippen LogP contribution in [0.25, 0.3) is 17.1 Å². The van der Waals surface area contributed by atoms with Crippen LogP contribution in [0.1, 0.15) is 16.2 Å². The Kier molecular flexibility index (Phi) is 4.07. The van der Waals surface area contributed by atoms with Gasteiger partial charge in [-0.1, -0.05) is 24.3 Å². The van der Waals surface area contributed by atoms with Crippen molar-refractivity contribution in [3.05, 3.63) is 84.4 Å². The number of benzene rings is 1. The number of aromatic nitrogens is 3. The van der Waals surface area contributed by atoms with Gasteiger partial charge in [0.05, 0.1) is 12.0 Å². The summed E-state index contributed by atoms with van der Waals surface area (Å²) in [5.41, 5.74) is 2.59. The molecule has 0 aliphatic heterocycles. The lowest BCUT2D eigenvalue weighted by Crippen LogP contribution is -2.17. The number of hydrogen-bond acceptors (Lipinski definition) is 4. The lowest BCUT2D eigenvalue weighted by molar-refractivity contribution is 0.101. The fraction of sp³-hybridized carbons (Fsp3) is 0.0500. The zero-order valence-electron chi connectivity index (χ0n) is 14.1. The molecule has 1 N–H and O–H groups in total. The molecule has 4 rings (SSSR count). The first-order chi connectivity index (χ1) is 12.7. The molecule has 1 amide bonds. The van der Waals surface area contributed by atoms with Crippen molar-refractivity contribution in [1.82, 2.24) is 14.8 Å². The molecule has 0 saturated carbocycles. The number of amides is 1. The molecule has 0 aliphatic carbocycles. The normalized spacial score (nSPS) is 10.7. The van der Waals surface area contributed by atoms with Crippen LogP contribution in [0.2, 0.25) is 0 Å². The quantitative estimate of drug-likeness (QED) is 0.605. The van der Waals surface area contributed by atoms with Crippen molar-refractivity contribution in [2.45, 2.75) is 6.92 Å². The number of nitrogens with zero attached hydrogens (tertiary/aromatic N) is 3. The van der Waals surface area contributed by atoms with Crippen molar-refractivity contribution < 1.29 is 9.21 Å². The van der Waals surface area contributed by atoms with E-state index in [9.17, 15) is 4.79 Å². The Balaban J connectivity index is 1.75. The fourth-order valence-corrected chi connectivity index (χ4v) is 2.65. The van der Waals surface area contributed by atoms with Crippen LogP contribution in [0.5, 0.6) is 0 Å². The smallest absolute Gasteiger partial charge is 0.275 e. The van der Waals surface area contributed by atoms with Crippen LogP contribution >= 0.6 is 0 Å². The minimum absolute atomic E-state index is 0.294. The van der Waals surface area contributed by atoms with Gasteiger partial charge in [-0.2, -0.15) is 5.10 Å². The summed E-state index contributed by atoms with van der Waals surface area (Å²) in [4.78, 5) is 17.2. The Morgan fingerprint density at radius 3 is 2.62 bits per heavy atom. The minimum Gasteiger partial charge on any atom is -0.463 e. The minimum atomic E-state index is -0.294. The molecule has 0 aliphatic rings. The highest BCUT2D eigenvalue weighted by molar-refractivity contribution is 6.03. The molecule has 4 aromatic rings. The van der Waals surface area contributed by atoms with Gasteiger partial charge in [0.2, 0.25) is 0 Å². The van der Waals surface area contributed by atoms with E-state index in [2.05, 4.69) is 15.4 Å². The topological polar surface area (TPSA) is 73.0 Å². The number of para-hydroxylation sites is 1. The number of pyridine rings is 1. The summed E-state index contributed by atoms with van der Waals surface area (Å²) in [5.74, 6) is 0.801. The van der Waals surface area contributed by atoms with Gasteiger partial charge in [-0.15, -0.1) is 0 Å². The Labute approximate surface area is 150 Å². The molecule has 26 heavy (non-hydrogen) atoms. The molecule has 6 heteroatoms. The molecule has 3 aromatic heterocycles. The summed E-state index contributed by atoms with van der Waals surface area (Å²) < 4.78 is 7.02. The third-order valence-electron chi connectivity index (χ3n) is 3.85. The predicted octanol–water partition coefficient (Wildman–Crippen LogP) is 4.09. The third-order valence-corrected chi connectivity index (χ3v) is 3.85. The van der Waals surface area contributed by atoms with Crippen LogP contribution in [0.3, 0.4) is 0 Å². The number of hydrogen-bond donors (Lipinski definition) is 1. The number of carbonyl (C=O) groups is 1. The Morgan fingerprint density at radius 2 is 1.88 bits per heavy atom. The zero-order valence-corrected chi connectivity index (χ0v) is 14.1. The maximum Gasteiger partial charge on any atom is 0.275 e. The second-order valence-electron chi connectivity index (χ2n) is 5.76. The first kappa shape index (κ1) is 15.8. The van der Waals surface area contributed by atoms with Crippen LogP contribution < -0.4 is 5.32 Å². The first-order valence-electron chi connectivity index (χ1n) is 8.15. The second kappa shape index (κ2) is 6.68. The van der Waals surface area contributed by atoms with E-state index in [1.807, 2.05) is 55.5 Å². The van der Waals surface area contributed by atoms with Gasteiger partial charge in [0.15, 0.2) is 5.76 Å². The Bertz CT molecular complexity index is 1040. The highest BCUT2D eigenvalue weighted by Crippen LogP contribution is 2.22. The summed E-state index contributed by atoms with van der Waals surface area (Å²) in [7, 11) is 0. The largest absolute Gasteiger partial charge is 0.463 e. The molecule has 0 unspecified atom stereocenters. The van der Waals surface area contributed by atoms with Gasteiger partial charge in [0.1, 0.15) is 17.2 Å². The van der Waals surface area contributed by atoms with Crippen molar-refractivity contribution in [2.75, 3.05) is 5.32 Å². The average molecular weight is 344 g/mol. The van der Waals surface area contributed by atoms with E-state index in [-0.39, 0.29) is 5.91 Å². The van der Waals surface area contributed by atoms with Gasteiger partial charge in [-0.3, -0.25) is 4.79 Å². The predicted molar refractivity (Wildman–Crippen MR) is 98.2 cm³/mol. The van der Waals surface area contributed by atoms with Gasteiger partial charge in [0.25, 0.3) is 5.91 Å². The number of carbonyl (C=O) groups excluding carboxylic acids is 1. The SMILES string of the molecule is Cc1cccc(NC(=O)c2cc(-c3ccco3)nn2-c2ccccc2)n1. The van der Waals surface area contributed by atoms with Gasteiger partial charge in [0, 0.05) is 11.8 Å². The van der Waals surface area contributed by atoms with Crippen LogP contribution in [-0.2, 0) is 0 Å². The van der Waals surface area contributed by atoms with Gasteiger partial charge in [-0.05, 0) is 43.3 Å². The number of nitrogens with one attached hydrogen (secondary N) is 1. The molecule has 0 spiro atoms. The van der Waals surface area contributed by atoms with Crippen molar-refractivity contribution in [3.8, 4) is 17.1 Å². The molecule has 0 atom stereocenters. The molecular weight excluding hydrogens is 328 g/mol. The Morgan fingerprint density at radius 1 is 1.04 bits per heavy atom. The monoisotopic (exact) mass is 344 g/mol.